The molecule has 11 nitrogen and oxygen atoms in total. The van der Waals surface area contributed by atoms with Gasteiger partial charge in [0.05, 0.1) is 50.4 Å². The molecule has 4 unspecified atom stereocenters. The van der Waals surface area contributed by atoms with Crippen LogP contribution in [0.25, 0.3) is 0 Å². The monoisotopic (exact) mass is 596 g/mol. The molecule has 4 aliphatic heterocycles. The van der Waals surface area contributed by atoms with Crippen molar-refractivity contribution >= 4 is 12.2 Å². The van der Waals surface area contributed by atoms with E-state index in [-0.39, 0.29) is 43.5 Å². The normalized spacial score (nSPS) is 29.7. The Labute approximate surface area is 251 Å². The number of ether oxygens (including phenoxy) is 6. The fourth-order valence-corrected chi connectivity index (χ4v) is 6.46. The molecule has 4 fully saturated rings. The number of amides is 2. The molecule has 0 spiro atoms. The summed E-state index contributed by atoms with van der Waals surface area (Å²) in [5.74, 6) is 0.0239. The van der Waals surface area contributed by atoms with Crippen molar-refractivity contribution in [1.29, 1.82) is 0 Å². The number of nitrogens with one attached hydrogen (secondary N) is 2. The molecule has 2 amide bonds. The van der Waals surface area contributed by atoms with E-state index < -0.39 is 36.5 Å². The summed E-state index contributed by atoms with van der Waals surface area (Å²) in [6.45, 7) is 1.73. The van der Waals surface area contributed by atoms with E-state index in [0.29, 0.717) is 32.7 Å². The van der Waals surface area contributed by atoms with Gasteiger partial charge in [-0.05, 0) is 43.2 Å². The van der Waals surface area contributed by atoms with E-state index in [1.54, 1.807) is 0 Å². The molecule has 2 aromatic carbocycles. The minimum atomic E-state index is -1.01. The average Bonchev–Trinajstić information content (AvgIpc) is 3.79. The molecule has 4 aliphatic rings. The van der Waals surface area contributed by atoms with E-state index in [2.05, 4.69) is 10.6 Å². The second kappa shape index (κ2) is 14.0. The van der Waals surface area contributed by atoms with Gasteiger partial charge in [0, 0.05) is 6.04 Å². The summed E-state index contributed by atoms with van der Waals surface area (Å²) in [4.78, 5) is 26.1. The van der Waals surface area contributed by atoms with E-state index in [0.717, 1.165) is 24.0 Å². The summed E-state index contributed by atoms with van der Waals surface area (Å²) in [5, 5.41) is 17.4. The van der Waals surface area contributed by atoms with Crippen LogP contribution in [-0.2, 0) is 41.3 Å². The second-order valence-electron chi connectivity index (χ2n) is 11.7. The highest BCUT2D eigenvalue weighted by Gasteiger charge is 2.45. The summed E-state index contributed by atoms with van der Waals surface area (Å²) in [6.07, 6.45) is -1.11. The third kappa shape index (κ3) is 7.66. The largest absolute Gasteiger partial charge is 0.443 e. The first-order valence-corrected chi connectivity index (χ1v) is 15.2. The van der Waals surface area contributed by atoms with Crippen LogP contribution in [0.3, 0.4) is 0 Å². The zero-order valence-electron chi connectivity index (χ0n) is 24.0. The fourth-order valence-electron chi connectivity index (χ4n) is 6.46. The van der Waals surface area contributed by atoms with Crippen LogP contribution in [0.5, 0.6) is 0 Å². The van der Waals surface area contributed by atoms with E-state index in [1.807, 2.05) is 60.7 Å². The van der Waals surface area contributed by atoms with Crippen molar-refractivity contribution in [3.05, 3.63) is 71.8 Å². The van der Waals surface area contributed by atoms with Gasteiger partial charge in [-0.2, -0.15) is 0 Å². The lowest BCUT2D eigenvalue weighted by atomic mass is 9.94. The van der Waals surface area contributed by atoms with Gasteiger partial charge < -0.3 is 44.2 Å². The van der Waals surface area contributed by atoms with Crippen molar-refractivity contribution in [3.63, 3.8) is 0 Å². The third-order valence-corrected chi connectivity index (χ3v) is 8.73. The molecule has 0 aromatic heterocycles. The average molecular weight is 597 g/mol. The van der Waals surface area contributed by atoms with E-state index in [1.165, 1.54) is 0 Å². The van der Waals surface area contributed by atoms with Crippen LogP contribution >= 0.6 is 0 Å². The number of aliphatic hydroxyl groups is 1. The highest BCUT2D eigenvalue weighted by atomic mass is 16.7. The summed E-state index contributed by atoms with van der Waals surface area (Å²) >= 11 is 0. The summed E-state index contributed by atoms with van der Waals surface area (Å²) in [6, 6.07) is 18.2. The fraction of sp³-hybridized carbons (Fsp3) is 0.562. The smallest absolute Gasteiger partial charge is 0.407 e. The van der Waals surface area contributed by atoms with Gasteiger partial charge in [-0.3, -0.25) is 0 Å². The molecule has 4 heterocycles. The quantitative estimate of drug-likeness (QED) is 0.358. The van der Waals surface area contributed by atoms with Crippen LogP contribution < -0.4 is 10.6 Å². The van der Waals surface area contributed by atoms with Gasteiger partial charge in [0.25, 0.3) is 0 Å². The first kappa shape index (κ1) is 29.8. The van der Waals surface area contributed by atoms with Gasteiger partial charge in [-0.1, -0.05) is 60.7 Å². The number of alkyl carbamates (subject to hydrolysis) is 2. The molecule has 0 bridgehead atoms. The van der Waals surface area contributed by atoms with Crippen molar-refractivity contribution in [1.82, 2.24) is 10.6 Å². The number of rotatable bonds is 11. The van der Waals surface area contributed by atoms with Gasteiger partial charge in [-0.15, -0.1) is 0 Å². The lowest BCUT2D eigenvalue weighted by Crippen LogP contribution is -2.50. The van der Waals surface area contributed by atoms with Gasteiger partial charge in [-0.25, -0.2) is 9.59 Å². The van der Waals surface area contributed by atoms with Crippen molar-refractivity contribution in [2.75, 3.05) is 26.4 Å². The van der Waals surface area contributed by atoms with Crippen molar-refractivity contribution < 1.29 is 43.1 Å². The molecular formula is C32H40N2O9. The van der Waals surface area contributed by atoms with Crippen molar-refractivity contribution in [3.8, 4) is 0 Å². The first-order valence-electron chi connectivity index (χ1n) is 15.2. The molecule has 232 valence electrons. The minimum absolute atomic E-state index is 0.00468. The Morgan fingerprint density at radius 2 is 1.26 bits per heavy atom. The Balaban J connectivity index is 1.12. The summed E-state index contributed by atoms with van der Waals surface area (Å²) in [5.41, 5.74) is 1.94. The Bertz CT molecular complexity index is 1200. The number of aliphatic hydroxyl groups excluding tert-OH is 1. The van der Waals surface area contributed by atoms with Gasteiger partial charge in [0.15, 0.2) is 12.6 Å². The number of carbonyl (C=O) groups is 2. The highest BCUT2D eigenvalue weighted by Crippen LogP contribution is 2.34. The maximum absolute atomic E-state index is 13.1. The van der Waals surface area contributed by atoms with Crippen LogP contribution in [0.2, 0.25) is 0 Å². The van der Waals surface area contributed by atoms with Crippen molar-refractivity contribution in [2.45, 2.75) is 75.1 Å². The highest BCUT2D eigenvalue weighted by molar-refractivity contribution is 5.68. The number of fused-ring (bicyclic) bond motifs is 2. The number of benzene rings is 2. The first-order chi connectivity index (χ1) is 21.0. The Morgan fingerprint density at radius 3 is 1.81 bits per heavy atom. The Hall–Kier alpha value is -3.22. The summed E-state index contributed by atoms with van der Waals surface area (Å²) in [7, 11) is 0. The molecule has 6 rings (SSSR count). The van der Waals surface area contributed by atoms with Gasteiger partial charge in [0.1, 0.15) is 12.2 Å². The minimum Gasteiger partial charge on any atom is -0.443 e. The molecular weight excluding hydrogens is 556 g/mol. The second-order valence-corrected chi connectivity index (χ2v) is 11.7. The van der Waals surface area contributed by atoms with Crippen molar-refractivity contribution in [2.24, 2.45) is 11.8 Å². The zero-order valence-corrected chi connectivity index (χ0v) is 24.0. The van der Waals surface area contributed by atoms with Crippen LogP contribution in [0, 0.1) is 11.8 Å². The van der Waals surface area contributed by atoms with E-state index >= 15 is 0 Å². The molecule has 2 aromatic rings. The molecule has 0 saturated carbocycles. The molecule has 11 heteroatoms. The van der Waals surface area contributed by atoms with Crippen LogP contribution in [0.4, 0.5) is 9.59 Å². The predicted octanol–water partition coefficient (Wildman–Crippen LogP) is 2.94. The molecule has 43 heavy (non-hydrogen) atoms. The van der Waals surface area contributed by atoms with Crippen LogP contribution in [-0.4, -0.2) is 86.7 Å². The SMILES string of the molecule is O=C(N[C@@H](Cc1ccccc1)C[C@H](O)[C@H](Cc1ccccc1)NC(=O)O[C@H]1COC2OCCC21)O[C@H]1COC2OCCC21. The molecule has 0 aliphatic carbocycles. The molecule has 4 saturated heterocycles. The molecule has 9 atom stereocenters. The maximum Gasteiger partial charge on any atom is 0.407 e. The Kier molecular flexibility index (Phi) is 9.74. The Morgan fingerprint density at radius 1 is 0.744 bits per heavy atom. The van der Waals surface area contributed by atoms with E-state index in [4.69, 9.17) is 28.4 Å². The number of carbonyl (C=O) groups excluding carboxylic acids is 2. The summed E-state index contributed by atoms with van der Waals surface area (Å²) < 4.78 is 33.8. The van der Waals surface area contributed by atoms with Crippen LogP contribution in [0.15, 0.2) is 60.7 Å². The standard InChI is InChI=1S/C32H40N2O9/c35-26(25(16-21-9-5-2-6-10-21)34-32(37)43-28-19-41-30-24(28)12-14-39-30)17-22(15-20-7-3-1-4-8-20)33-31(36)42-27-18-40-29-23(27)11-13-38-29/h1-10,22-30,35H,11-19H2,(H,33,36)(H,34,37)/t22-,23?,24?,25-,26-,27-,28-,29?,30?/m0/s1. The third-order valence-electron chi connectivity index (χ3n) is 8.73. The topological polar surface area (TPSA) is 134 Å². The van der Waals surface area contributed by atoms with Crippen LogP contribution in [0.1, 0.15) is 30.4 Å². The van der Waals surface area contributed by atoms with Gasteiger partial charge in [0.2, 0.25) is 0 Å². The zero-order chi connectivity index (χ0) is 29.6. The number of hydrogen-bond donors (Lipinski definition) is 3. The lowest BCUT2D eigenvalue weighted by molar-refractivity contribution is -0.0909. The predicted molar refractivity (Wildman–Crippen MR) is 153 cm³/mol. The molecule has 0 radical (unpaired) electrons. The lowest BCUT2D eigenvalue weighted by Gasteiger charge is -2.29. The van der Waals surface area contributed by atoms with E-state index in [9.17, 15) is 14.7 Å². The number of hydrogen-bond acceptors (Lipinski definition) is 9. The van der Waals surface area contributed by atoms with Gasteiger partial charge >= 0.3 is 12.2 Å². The maximum atomic E-state index is 13.1. The molecule has 3 N–H and O–H groups in total.